The minimum absolute atomic E-state index is 0.00738. The highest BCUT2D eigenvalue weighted by atomic mass is 19.3. The number of benzene rings is 1. The monoisotopic (exact) mass is 300 g/mol. The van der Waals surface area contributed by atoms with Crippen LogP contribution in [0.4, 0.5) is 14.5 Å². The Bertz CT molecular complexity index is 422. The second-order valence-corrected chi connectivity index (χ2v) is 5.00. The van der Waals surface area contributed by atoms with Gasteiger partial charge >= 0.3 is 0 Å². The van der Waals surface area contributed by atoms with E-state index in [9.17, 15) is 13.6 Å². The normalized spacial score (nSPS) is 11.1. The van der Waals surface area contributed by atoms with Crippen LogP contribution in [0.2, 0.25) is 0 Å². The first kappa shape index (κ1) is 17.5. The van der Waals surface area contributed by atoms with Crippen LogP contribution < -0.4 is 10.6 Å². The number of carbonyl (C=O) groups is 1. The fraction of sp³-hybridized carbons (Fsp3) is 0.533. The van der Waals surface area contributed by atoms with Crippen LogP contribution in [0, 0.1) is 0 Å². The topological polar surface area (TPSA) is 50.4 Å². The van der Waals surface area contributed by atoms with Gasteiger partial charge in [0.2, 0.25) is 5.91 Å². The van der Waals surface area contributed by atoms with E-state index >= 15 is 0 Å². The van der Waals surface area contributed by atoms with Crippen molar-refractivity contribution in [1.82, 2.24) is 5.32 Å². The predicted octanol–water partition coefficient (Wildman–Crippen LogP) is 2.79. The van der Waals surface area contributed by atoms with Gasteiger partial charge in [0.05, 0.1) is 13.0 Å². The van der Waals surface area contributed by atoms with Crippen molar-refractivity contribution in [1.29, 1.82) is 0 Å². The van der Waals surface area contributed by atoms with Crippen molar-refractivity contribution in [2.24, 2.45) is 0 Å². The van der Waals surface area contributed by atoms with Crippen LogP contribution in [0.1, 0.15) is 25.8 Å². The summed E-state index contributed by atoms with van der Waals surface area (Å²) in [7, 11) is 0. The first-order valence-corrected chi connectivity index (χ1v) is 6.95. The Morgan fingerprint density at radius 3 is 2.48 bits per heavy atom. The highest BCUT2D eigenvalue weighted by molar-refractivity contribution is 5.90. The number of anilines is 1. The molecule has 0 spiro atoms. The lowest BCUT2D eigenvalue weighted by Crippen LogP contribution is -2.21. The number of ether oxygens (including phenoxy) is 1. The van der Waals surface area contributed by atoms with E-state index in [2.05, 4.69) is 29.2 Å². The molecule has 21 heavy (non-hydrogen) atoms. The number of halogens is 2. The zero-order chi connectivity index (χ0) is 15.7. The minimum Gasteiger partial charge on any atom is -0.375 e. The maximum atomic E-state index is 11.8. The molecule has 0 heterocycles. The van der Waals surface area contributed by atoms with Crippen molar-refractivity contribution in [3.05, 3.63) is 29.8 Å². The lowest BCUT2D eigenvalue weighted by atomic mass is 10.2. The Balaban J connectivity index is 2.29. The molecule has 0 radical (unpaired) electrons. The van der Waals surface area contributed by atoms with Crippen molar-refractivity contribution in [2.45, 2.75) is 39.3 Å². The summed E-state index contributed by atoms with van der Waals surface area (Å²) < 4.78 is 28.3. The Hall–Kier alpha value is -1.53. The van der Waals surface area contributed by atoms with Crippen LogP contribution >= 0.6 is 0 Å². The van der Waals surface area contributed by atoms with Gasteiger partial charge in [0.25, 0.3) is 6.43 Å². The molecule has 0 aliphatic rings. The fourth-order valence-electron chi connectivity index (χ4n) is 1.59. The van der Waals surface area contributed by atoms with Gasteiger partial charge in [-0.1, -0.05) is 26.0 Å². The Kier molecular flexibility index (Phi) is 7.85. The summed E-state index contributed by atoms with van der Waals surface area (Å²) in [6.07, 6.45) is -2.44. The fourth-order valence-corrected chi connectivity index (χ4v) is 1.59. The molecule has 4 nitrogen and oxygen atoms in total. The van der Waals surface area contributed by atoms with Gasteiger partial charge in [0.1, 0.15) is 6.61 Å². The molecule has 0 saturated carbocycles. The van der Waals surface area contributed by atoms with Gasteiger partial charge in [-0.25, -0.2) is 8.78 Å². The van der Waals surface area contributed by atoms with Crippen LogP contribution in [-0.2, 0) is 16.1 Å². The highest BCUT2D eigenvalue weighted by Crippen LogP contribution is 2.10. The largest absolute Gasteiger partial charge is 0.375 e. The summed E-state index contributed by atoms with van der Waals surface area (Å²) in [5, 5.41) is 6.00. The van der Waals surface area contributed by atoms with Crippen LogP contribution in [0.25, 0.3) is 0 Å². The molecule has 0 aliphatic heterocycles. The molecule has 118 valence electrons. The van der Waals surface area contributed by atoms with Crippen LogP contribution in [0.3, 0.4) is 0 Å². The van der Waals surface area contributed by atoms with Crippen molar-refractivity contribution in [2.75, 3.05) is 18.5 Å². The third-order valence-corrected chi connectivity index (χ3v) is 2.67. The Labute approximate surface area is 123 Å². The van der Waals surface area contributed by atoms with Crippen molar-refractivity contribution in [3.63, 3.8) is 0 Å². The third kappa shape index (κ3) is 8.37. The van der Waals surface area contributed by atoms with Crippen molar-refractivity contribution < 1.29 is 18.3 Å². The van der Waals surface area contributed by atoms with Gasteiger partial charge in [-0.05, 0) is 17.7 Å². The van der Waals surface area contributed by atoms with E-state index in [-0.39, 0.29) is 18.9 Å². The second-order valence-electron chi connectivity index (χ2n) is 5.00. The molecule has 0 fully saturated rings. The molecule has 6 heteroatoms. The number of alkyl halides is 2. The number of rotatable bonds is 9. The van der Waals surface area contributed by atoms with Gasteiger partial charge < -0.3 is 15.4 Å². The molecular formula is C15H22F2N2O2. The van der Waals surface area contributed by atoms with E-state index in [1.54, 1.807) is 0 Å². The van der Waals surface area contributed by atoms with E-state index in [1.165, 1.54) is 0 Å². The molecule has 0 atom stereocenters. The van der Waals surface area contributed by atoms with Gasteiger partial charge in [0, 0.05) is 18.3 Å². The number of hydrogen-bond acceptors (Lipinski definition) is 3. The van der Waals surface area contributed by atoms with Crippen LogP contribution in [0.15, 0.2) is 24.3 Å². The maximum absolute atomic E-state index is 11.8. The van der Waals surface area contributed by atoms with Crippen LogP contribution in [-0.4, -0.2) is 31.6 Å². The average Bonchev–Trinajstić information content (AvgIpc) is 2.42. The summed E-state index contributed by atoms with van der Waals surface area (Å²) in [5.41, 5.74) is 1.81. The molecule has 1 aromatic carbocycles. The van der Waals surface area contributed by atoms with E-state index in [4.69, 9.17) is 0 Å². The molecule has 0 unspecified atom stereocenters. The van der Waals surface area contributed by atoms with Gasteiger partial charge in [-0.2, -0.15) is 0 Å². The summed E-state index contributed by atoms with van der Waals surface area (Å²) in [5.74, 6) is -0.252. The minimum atomic E-state index is -2.50. The number of carbonyl (C=O) groups excluding carboxylic acids is 1. The van der Waals surface area contributed by atoms with Crippen molar-refractivity contribution >= 4 is 11.6 Å². The quantitative estimate of drug-likeness (QED) is 0.690. The molecule has 0 aromatic heterocycles. The van der Waals surface area contributed by atoms with Gasteiger partial charge in [-0.15, -0.1) is 0 Å². The predicted molar refractivity (Wildman–Crippen MR) is 78.5 cm³/mol. The maximum Gasteiger partial charge on any atom is 0.261 e. The molecule has 0 saturated heterocycles. The summed E-state index contributed by atoms with van der Waals surface area (Å²) in [4.78, 5) is 11.6. The molecular weight excluding hydrogens is 278 g/mol. The summed E-state index contributed by atoms with van der Waals surface area (Å²) in [6, 6.07) is 7.90. The molecule has 0 aliphatic carbocycles. The number of nitrogens with one attached hydrogen (secondary N) is 2. The first-order chi connectivity index (χ1) is 9.97. The molecule has 1 aromatic rings. The Morgan fingerprint density at radius 2 is 1.90 bits per heavy atom. The molecule has 0 bridgehead atoms. The molecule has 2 N–H and O–H groups in total. The van der Waals surface area contributed by atoms with E-state index < -0.39 is 13.0 Å². The van der Waals surface area contributed by atoms with E-state index in [0.29, 0.717) is 11.7 Å². The zero-order valence-corrected chi connectivity index (χ0v) is 12.4. The van der Waals surface area contributed by atoms with E-state index in [1.807, 2.05) is 24.3 Å². The van der Waals surface area contributed by atoms with Crippen molar-refractivity contribution in [3.8, 4) is 0 Å². The number of amides is 1. The van der Waals surface area contributed by atoms with Gasteiger partial charge in [-0.3, -0.25) is 4.79 Å². The lowest BCUT2D eigenvalue weighted by Gasteiger charge is -2.09. The SMILES string of the molecule is CC(C)NCc1ccc(NC(=O)CCOCC(F)F)cc1. The Morgan fingerprint density at radius 1 is 1.24 bits per heavy atom. The average molecular weight is 300 g/mol. The summed E-state index contributed by atoms with van der Waals surface area (Å²) >= 11 is 0. The number of hydrogen-bond donors (Lipinski definition) is 2. The summed E-state index contributed by atoms with van der Waals surface area (Å²) in [6.45, 7) is 4.28. The van der Waals surface area contributed by atoms with Crippen LogP contribution in [0.5, 0.6) is 0 Å². The molecule has 1 amide bonds. The van der Waals surface area contributed by atoms with E-state index in [0.717, 1.165) is 12.1 Å². The van der Waals surface area contributed by atoms with Gasteiger partial charge in [0.15, 0.2) is 0 Å². The molecule has 1 rings (SSSR count). The standard InChI is InChI=1S/C15H22F2N2O2/c1-11(2)18-9-12-3-5-13(6-4-12)19-15(20)7-8-21-10-14(16)17/h3-6,11,14,18H,7-10H2,1-2H3,(H,19,20). The lowest BCUT2D eigenvalue weighted by molar-refractivity contribution is -0.117. The third-order valence-electron chi connectivity index (χ3n) is 2.67. The second kappa shape index (κ2) is 9.41. The zero-order valence-electron chi connectivity index (χ0n) is 12.4. The smallest absolute Gasteiger partial charge is 0.261 e. The highest BCUT2D eigenvalue weighted by Gasteiger charge is 2.05. The first-order valence-electron chi connectivity index (χ1n) is 6.95.